The van der Waals surface area contributed by atoms with E-state index in [0.717, 1.165) is 23.8 Å². The summed E-state index contributed by atoms with van der Waals surface area (Å²) in [5.41, 5.74) is 4.51. The van der Waals surface area contributed by atoms with Crippen molar-refractivity contribution < 1.29 is 4.79 Å². The number of benzene rings is 1. The van der Waals surface area contributed by atoms with Crippen molar-refractivity contribution in [3.8, 4) is 0 Å². The van der Waals surface area contributed by atoms with Gasteiger partial charge in [0.2, 0.25) is 0 Å². The second-order valence-electron chi connectivity index (χ2n) is 3.04. The highest BCUT2D eigenvalue weighted by atomic mass is 16.1. The Morgan fingerprint density at radius 1 is 1.25 bits per heavy atom. The summed E-state index contributed by atoms with van der Waals surface area (Å²) >= 11 is 0. The smallest absolute Gasteiger partial charge is 0.150 e. The van der Waals surface area contributed by atoms with Gasteiger partial charge in [0.15, 0.2) is 0 Å². The molecule has 1 aromatic carbocycles. The van der Waals surface area contributed by atoms with E-state index in [1.165, 1.54) is 11.1 Å². The Labute approximate surface area is 73.4 Å². The Morgan fingerprint density at radius 2 is 1.92 bits per heavy atom. The third-order valence-corrected chi connectivity index (χ3v) is 2.45. The predicted octanol–water partition coefficient (Wildman–Crippen LogP) is 2.68. The van der Waals surface area contributed by atoms with Crippen LogP contribution in [0.2, 0.25) is 0 Å². The van der Waals surface area contributed by atoms with Crippen LogP contribution in [0, 0.1) is 13.8 Å². The molecule has 0 saturated heterocycles. The number of hydrogen-bond acceptors (Lipinski definition) is 1. The van der Waals surface area contributed by atoms with E-state index in [1.54, 1.807) is 0 Å². The molecule has 0 aliphatic rings. The molecule has 0 aliphatic carbocycles. The van der Waals surface area contributed by atoms with Crippen molar-refractivity contribution in [1.82, 2.24) is 0 Å². The molecule has 64 valence electrons. The van der Waals surface area contributed by atoms with Gasteiger partial charge in [0.1, 0.15) is 6.29 Å². The largest absolute Gasteiger partial charge is 0.298 e. The van der Waals surface area contributed by atoms with Gasteiger partial charge in [0, 0.05) is 5.56 Å². The van der Waals surface area contributed by atoms with E-state index in [9.17, 15) is 4.79 Å². The van der Waals surface area contributed by atoms with Gasteiger partial charge < -0.3 is 0 Å². The van der Waals surface area contributed by atoms with Gasteiger partial charge in [0.25, 0.3) is 0 Å². The maximum atomic E-state index is 10.6. The quantitative estimate of drug-likeness (QED) is 0.611. The van der Waals surface area contributed by atoms with E-state index in [2.05, 4.69) is 13.8 Å². The van der Waals surface area contributed by atoms with E-state index in [4.69, 9.17) is 0 Å². The standard InChI is InChI=1S/C11H14O/c1-4-10-5-6-11(7-12)9(3)8(10)2/h5-7H,4H2,1-3H3. The highest BCUT2D eigenvalue weighted by Crippen LogP contribution is 2.16. The van der Waals surface area contributed by atoms with Gasteiger partial charge in [-0.15, -0.1) is 0 Å². The fourth-order valence-corrected chi connectivity index (χ4v) is 1.41. The van der Waals surface area contributed by atoms with Crippen molar-refractivity contribution >= 4 is 6.29 Å². The minimum atomic E-state index is 0.810. The molecule has 0 aromatic heterocycles. The van der Waals surface area contributed by atoms with E-state index < -0.39 is 0 Å². The van der Waals surface area contributed by atoms with E-state index in [0.29, 0.717) is 0 Å². The first-order chi connectivity index (χ1) is 5.70. The van der Waals surface area contributed by atoms with Gasteiger partial charge in [-0.2, -0.15) is 0 Å². The van der Waals surface area contributed by atoms with Gasteiger partial charge in [0.05, 0.1) is 0 Å². The molecule has 12 heavy (non-hydrogen) atoms. The fraction of sp³-hybridized carbons (Fsp3) is 0.364. The molecule has 0 aliphatic heterocycles. The summed E-state index contributed by atoms with van der Waals surface area (Å²) < 4.78 is 0. The first kappa shape index (κ1) is 8.98. The third kappa shape index (κ3) is 1.40. The number of hydrogen-bond donors (Lipinski definition) is 0. The zero-order valence-corrected chi connectivity index (χ0v) is 7.85. The summed E-state index contributed by atoms with van der Waals surface area (Å²) in [4.78, 5) is 10.6. The van der Waals surface area contributed by atoms with Crippen molar-refractivity contribution in [1.29, 1.82) is 0 Å². The molecule has 0 fully saturated rings. The molecule has 0 heterocycles. The van der Waals surface area contributed by atoms with Crippen LogP contribution in [0.1, 0.15) is 34.0 Å². The lowest BCUT2D eigenvalue weighted by Gasteiger charge is -2.07. The first-order valence-electron chi connectivity index (χ1n) is 4.25. The molecule has 0 saturated carbocycles. The molecule has 1 aromatic rings. The molecule has 0 spiro atoms. The van der Waals surface area contributed by atoms with Crippen LogP contribution in [0.25, 0.3) is 0 Å². The zero-order valence-electron chi connectivity index (χ0n) is 7.85. The maximum Gasteiger partial charge on any atom is 0.150 e. The minimum Gasteiger partial charge on any atom is -0.298 e. The normalized spacial score (nSPS) is 9.92. The summed E-state index contributed by atoms with van der Waals surface area (Å²) in [7, 11) is 0. The van der Waals surface area contributed by atoms with Gasteiger partial charge in [-0.3, -0.25) is 4.79 Å². The van der Waals surface area contributed by atoms with Crippen molar-refractivity contribution in [3.05, 3.63) is 34.4 Å². The summed E-state index contributed by atoms with van der Waals surface area (Å²) in [6, 6.07) is 3.93. The second-order valence-corrected chi connectivity index (χ2v) is 3.04. The van der Waals surface area contributed by atoms with Gasteiger partial charge in [-0.05, 0) is 37.0 Å². The highest BCUT2D eigenvalue weighted by Gasteiger charge is 2.03. The monoisotopic (exact) mass is 162 g/mol. The van der Waals surface area contributed by atoms with Crippen molar-refractivity contribution in [2.75, 3.05) is 0 Å². The van der Waals surface area contributed by atoms with Crippen LogP contribution in [0.5, 0.6) is 0 Å². The lowest BCUT2D eigenvalue weighted by Crippen LogP contribution is -1.95. The summed E-state index contributed by atoms with van der Waals surface area (Å²) in [5.74, 6) is 0. The molecule has 0 unspecified atom stereocenters. The Hall–Kier alpha value is -1.11. The Balaban J connectivity index is 3.29. The van der Waals surface area contributed by atoms with Gasteiger partial charge in [-0.1, -0.05) is 19.1 Å². The number of rotatable bonds is 2. The zero-order chi connectivity index (χ0) is 9.14. The average Bonchev–Trinajstić information content (AvgIpc) is 2.10. The van der Waals surface area contributed by atoms with Crippen molar-refractivity contribution in [3.63, 3.8) is 0 Å². The molecule has 0 radical (unpaired) electrons. The fourth-order valence-electron chi connectivity index (χ4n) is 1.41. The molecule has 0 atom stereocenters. The second kappa shape index (κ2) is 3.53. The molecule has 1 rings (SSSR count). The number of carbonyl (C=O) groups excluding carboxylic acids is 1. The van der Waals surface area contributed by atoms with Crippen LogP contribution in [0.4, 0.5) is 0 Å². The van der Waals surface area contributed by atoms with Gasteiger partial charge >= 0.3 is 0 Å². The van der Waals surface area contributed by atoms with Crippen LogP contribution >= 0.6 is 0 Å². The van der Waals surface area contributed by atoms with Gasteiger partial charge in [-0.25, -0.2) is 0 Å². The number of aldehydes is 1. The lowest BCUT2D eigenvalue weighted by atomic mass is 9.97. The third-order valence-electron chi connectivity index (χ3n) is 2.45. The molecule has 1 heteroatoms. The van der Waals surface area contributed by atoms with Crippen LogP contribution in [0.15, 0.2) is 12.1 Å². The lowest BCUT2D eigenvalue weighted by molar-refractivity contribution is 0.112. The van der Waals surface area contributed by atoms with Crippen LogP contribution in [-0.2, 0) is 6.42 Å². The highest BCUT2D eigenvalue weighted by molar-refractivity contribution is 5.78. The summed E-state index contributed by atoms with van der Waals surface area (Å²) in [5, 5.41) is 0. The molecular formula is C11H14O. The molecule has 0 N–H and O–H groups in total. The molecule has 1 nitrogen and oxygen atoms in total. The van der Waals surface area contributed by atoms with Crippen LogP contribution in [-0.4, -0.2) is 6.29 Å². The number of carbonyl (C=O) groups is 1. The predicted molar refractivity (Wildman–Crippen MR) is 50.7 cm³/mol. The number of aryl methyl sites for hydroxylation is 1. The SMILES string of the molecule is CCc1ccc(C=O)c(C)c1C. The van der Waals surface area contributed by atoms with E-state index >= 15 is 0 Å². The summed E-state index contributed by atoms with van der Waals surface area (Å²) in [6.45, 7) is 6.20. The summed E-state index contributed by atoms with van der Waals surface area (Å²) in [6.07, 6.45) is 1.95. The molecular weight excluding hydrogens is 148 g/mol. The Kier molecular flexibility index (Phi) is 2.64. The topological polar surface area (TPSA) is 17.1 Å². The van der Waals surface area contributed by atoms with Crippen molar-refractivity contribution in [2.45, 2.75) is 27.2 Å². The maximum absolute atomic E-state index is 10.6. The Morgan fingerprint density at radius 3 is 2.42 bits per heavy atom. The van der Waals surface area contributed by atoms with Crippen molar-refractivity contribution in [2.24, 2.45) is 0 Å². The van der Waals surface area contributed by atoms with E-state index in [1.807, 2.05) is 19.1 Å². The minimum absolute atomic E-state index is 0.810. The van der Waals surface area contributed by atoms with E-state index in [-0.39, 0.29) is 0 Å². The first-order valence-corrected chi connectivity index (χ1v) is 4.25. The molecule has 0 amide bonds. The van der Waals surface area contributed by atoms with Crippen LogP contribution < -0.4 is 0 Å². The van der Waals surface area contributed by atoms with Crippen LogP contribution in [0.3, 0.4) is 0 Å². The average molecular weight is 162 g/mol. The molecule has 0 bridgehead atoms. The Bertz CT molecular complexity index is 300.